The molecule has 0 saturated heterocycles. The highest BCUT2D eigenvalue weighted by molar-refractivity contribution is 6.02. The van der Waals surface area contributed by atoms with Crippen molar-refractivity contribution in [1.82, 2.24) is 9.88 Å². The van der Waals surface area contributed by atoms with E-state index < -0.39 is 12.0 Å². The van der Waals surface area contributed by atoms with E-state index in [2.05, 4.69) is 4.98 Å². The number of methoxy groups -OCH3 is 2. The van der Waals surface area contributed by atoms with Crippen LogP contribution in [0.1, 0.15) is 43.2 Å². The summed E-state index contributed by atoms with van der Waals surface area (Å²) in [6.07, 6.45) is 0.492. The minimum Gasteiger partial charge on any atom is -0.468 e. The van der Waals surface area contributed by atoms with E-state index in [1.54, 1.807) is 13.8 Å². The summed E-state index contributed by atoms with van der Waals surface area (Å²) in [4.78, 5) is 42.1. The van der Waals surface area contributed by atoms with Crippen LogP contribution in [0.2, 0.25) is 0 Å². The highest BCUT2D eigenvalue weighted by atomic mass is 16.5. The Hall–Kier alpha value is -2.93. The number of rotatable bonds is 5. The Balaban J connectivity index is 1.88. The Morgan fingerprint density at radius 1 is 1.11 bits per heavy atom. The van der Waals surface area contributed by atoms with Crippen molar-refractivity contribution < 1.29 is 23.9 Å². The largest absolute Gasteiger partial charge is 0.468 e. The molecule has 0 unspecified atom stereocenters. The molecule has 1 aromatic heterocycles. The fourth-order valence-corrected chi connectivity index (χ4v) is 3.81. The molecule has 2 heterocycles. The number of nitrogens with zero attached hydrogens (tertiary/aromatic N) is 1. The van der Waals surface area contributed by atoms with Gasteiger partial charge in [-0.15, -0.1) is 0 Å². The van der Waals surface area contributed by atoms with Gasteiger partial charge in [0.1, 0.15) is 6.04 Å². The highest BCUT2D eigenvalue weighted by Gasteiger charge is 2.34. The van der Waals surface area contributed by atoms with Crippen molar-refractivity contribution >= 4 is 17.7 Å². The molecule has 0 aliphatic carbocycles. The van der Waals surface area contributed by atoms with Gasteiger partial charge in [0.15, 0.2) is 5.78 Å². The maximum Gasteiger partial charge on any atom is 0.339 e. The first-order valence-corrected chi connectivity index (χ1v) is 9.06. The van der Waals surface area contributed by atoms with E-state index >= 15 is 0 Å². The summed E-state index contributed by atoms with van der Waals surface area (Å²) >= 11 is 0. The number of esters is 2. The smallest absolute Gasteiger partial charge is 0.339 e. The van der Waals surface area contributed by atoms with E-state index in [-0.39, 0.29) is 18.3 Å². The molecule has 0 amide bonds. The first kappa shape index (κ1) is 19.8. The highest BCUT2D eigenvalue weighted by Crippen LogP contribution is 2.25. The molecule has 1 aromatic carbocycles. The van der Waals surface area contributed by atoms with Crippen LogP contribution in [0.5, 0.6) is 0 Å². The monoisotopic (exact) mass is 384 g/mol. The first-order chi connectivity index (χ1) is 13.4. The second-order valence-electron chi connectivity index (χ2n) is 6.96. The SMILES string of the molecule is COC(=O)c1c(C)[nH]c(C(=O)CN2Cc3ccccc3C[C@@H]2C(=O)OC)c1C. The predicted molar refractivity (Wildman–Crippen MR) is 102 cm³/mol. The molecule has 0 fully saturated rings. The zero-order chi connectivity index (χ0) is 20.4. The van der Waals surface area contributed by atoms with E-state index in [0.29, 0.717) is 35.5 Å². The average molecular weight is 384 g/mol. The van der Waals surface area contributed by atoms with Crippen molar-refractivity contribution in [2.45, 2.75) is 32.9 Å². The summed E-state index contributed by atoms with van der Waals surface area (Å²) in [5.74, 6) is -1.04. The molecule has 1 N–H and O–H groups in total. The van der Waals surface area contributed by atoms with Crippen LogP contribution in [0.25, 0.3) is 0 Å². The third-order valence-electron chi connectivity index (χ3n) is 5.27. The van der Waals surface area contributed by atoms with Crippen molar-refractivity contribution in [1.29, 1.82) is 0 Å². The minimum absolute atomic E-state index is 0.0372. The van der Waals surface area contributed by atoms with Gasteiger partial charge < -0.3 is 14.5 Å². The summed E-state index contributed by atoms with van der Waals surface area (Å²) in [7, 11) is 2.66. The maximum atomic E-state index is 13.0. The molecular formula is C21H24N2O5. The zero-order valence-corrected chi connectivity index (χ0v) is 16.5. The summed E-state index contributed by atoms with van der Waals surface area (Å²) in [6.45, 7) is 3.95. The second kappa shape index (κ2) is 7.98. The van der Waals surface area contributed by atoms with Crippen LogP contribution in [0, 0.1) is 13.8 Å². The second-order valence-corrected chi connectivity index (χ2v) is 6.96. The molecule has 3 rings (SSSR count). The number of hydrogen-bond acceptors (Lipinski definition) is 6. The Morgan fingerprint density at radius 2 is 1.79 bits per heavy atom. The number of fused-ring (bicyclic) bond motifs is 1. The van der Waals surface area contributed by atoms with Gasteiger partial charge in [-0.25, -0.2) is 4.79 Å². The summed E-state index contributed by atoms with van der Waals surface area (Å²) in [5, 5.41) is 0. The van der Waals surface area contributed by atoms with Crippen LogP contribution in [-0.4, -0.2) is 54.4 Å². The van der Waals surface area contributed by atoms with Crippen LogP contribution in [0.4, 0.5) is 0 Å². The van der Waals surface area contributed by atoms with Gasteiger partial charge >= 0.3 is 11.9 Å². The van der Waals surface area contributed by atoms with E-state index in [9.17, 15) is 14.4 Å². The van der Waals surface area contributed by atoms with Gasteiger partial charge in [0, 0.05) is 12.2 Å². The molecule has 0 radical (unpaired) electrons. The number of ether oxygens (including phenoxy) is 2. The van der Waals surface area contributed by atoms with Crippen molar-refractivity contribution in [2.24, 2.45) is 0 Å². The summed E-state index contributed by atoms with van der Waals surface area (Å²) < 4.78 is 9.76. The third-order valence-corrected chi connectivity index (χ3v) is 5.27. The number of benzene rings is 1. The van der Waals surface area contributed by atoms with Crippen LogP contribution in [0.15, 0.2) is 24.3 Å². The number of hydrogen-bond donors (Lipinski definition) is 1. The van der Waals surface area contributed by atoms with Gasteiger partial charge in [-0.3, -0.25) is 14.5 Å². The molecule has 0 bridgehead atoms. The average Bonchev–Trinajstić information content (AvgIpc) is 3.00. The van der Waals surface area contributed by atoms with E-state index in [1.165, 1.54) is 14.2 Å². The number of ketones is 1. The number of Topliss-reactive ketones (excluding diaryl/α,β-unsaturated/α-hetero) is 1. The lowest BCUT2D eigenvalue weighted by Crippen LogP contribution is -2.48. The molecule has 1 atom stereocenters. The number of carbonyl (C=O) groups is 3. The number of aryl methyl sites for hydroxylation is 1. The standard InChI is InChI=1S/C21H24N2O5/c1-12-18(21(26)28-4)13(2)22-19(12)17(24)11-23-10-15-8-6-5-7-14(15)9-16(23)20(25)27-3/h5-8,16,22H,9-11H2,1-4H3/t16-/m1/s1. The van der Waals surface area contributed by atoms with Crippen molar-refractivity contribution in [3.8, 4) is 0 Å². The van der Waals surface area contributed by atoms with Crippen molar-refractivity contribution in [3.05, 3.63) is 57.9 Å². The molecule has 28 heavy (non-hydrogen) atoms. The predicted octanol–water partition coefficient (Wildman–Crippen LogP) is 2.20. The third kappa shape index (κ3) is 3.57. The molecule has 1 aliphatic rings. The summed E-state index contributed by atoms with van der Waals surface area (Å²) in [6, 6.07) is 7.34. The molecule has 7 nitrogen and oxygen atoms in total. The number of carbonyl (C=O) groups excluding carboxylic acids is 3. The number of aromatic amines is 1. The van der Waals surface area contributed by atoms with Crippen molar-refractivity contribution in [3.63, 3.8) is 0 Å². The lowest BCUT2D eigenvalue weighted by molar-refractivity contribution is -0.147. The number of nitrogens with one attached hydrogen (secondary N) is 1. The van der Waals surface area contributed by atoms with Gasteiger partial charge in [0.05, 0.1) is 32.0 Å². The Morgan fingerprint density at radius 3 is 2.43 bits per heavy atom. The fraction of sp³-hybridized carbons (Fsp3) is 0.381. The Kier molecular flexibility index (Phi) is 5.65. The molecule has 148 valence electrons. The van der Waals surface area contributed by atoms with Gasteiger partial charge in [-0.2, -0.15) is 0 Å². The van der Waals surface area contributed by atoms with Crippen LogP contribution in [-0.2, 0) is 27.2 Å². The maximum absolute atomic E-state index is 13.0. The normalized spacial score (nSPS) is 16.4. The van der Waals surface area contributed by atoms with Gasteiger partial charge in [0.2, 0.25) is 0 Å². The molecular weight excluding hydrogens is 360 g/mol. The molecule has 7 heteroatoms. The van der Waals surface area contributed by atoms with Crippen LogP contribution in [0.3, 0.4) is 0 Å². The summed E-state index contributed by atoms with van der Waals surface area (Å²) in [5.41, 5.74) is 4.05. The quantitative estimate of drug-likeness (QED) is 0.628. The Bertz CT molecular complexity index is 931. The Labute approximate surface area is 163 Å². The molecule has 2 aromatic rings. The lowest BCUT2D eigenvalue weighted by atomic mass is 9.93. The molecule has 0 spiro atoms. The topological polar surface area (TPSA) is 88.7 Å². The van der Waals surface area contributed by atoms with Gasteiger partial charge in [0.25, 0.3) is 0 Å². The molecule has 0 saturated carbocycles. The van der Waals surface area contributed by atoms with E-state index in [1.807, 2.05) is 29.2 Å². The van der Waals surface area contributed by atoms with Gasteiger partial charge in [-0.1, -0.05) is 24.3 Å². The van der Waals surface area contributed by atoms with Crippen LogP contribution < -0.4 is 0 Å². The zero-order valence-electron chi connectivity index (χ0n) is 16.5. The van der Waals surface area contributed by atoms with E-state index in [4.69, 9.17) is 9.47 Å². The van der Waals surface area contributed by atoms with E-state index in [0.717, 1.165) is 11.1 Å². The van der Waals surface area contributed by atoms with Gasteiger partial charge in [-0.05, 0) is 37.0 Å². The minimum atomic E-state index is -0.528. The lowest BCUT2D eigenvalue weighted by Gasteiger charge is -2.34. The first-order valence-electron chi connectivity index (χ1n) is 9.06. The number of aromatic nitrogens is 1. The van der Waals surface area contributed by atoms with Crippen molar-refractivity contribution in [2.75, 3.05) is 20.8 Å². The fourth-order valence-electron chi connectivity index (χ4n) is 3.81. The number of H-pyrrole nitrogens is 1. The molecule has 1 aliphatic heterocycles. The van der Waals surface area contributed by atoms with Crippen LogP contribution >= 0.6 is 0 Å².